The van der Waals surface area contributed by atoms with Crippen molar-refractivity contribution in [2.45, 2.75) is 44.2 Å². The van der Waals surface area contributed by atoms with Crippen LogP contribution in [0.25, 0.3) is 10.4 Å². The normalized spacial score (nSPS) is 19.9. The van der Waals surface area contributed by atoms with Crippen molar-refractivity contribution in [3.05, 3.63) is 53.3 Å². The highest BCUT2D eigenvalue weighted by molar-refractivity contribution is 7.15. The van der Waals surface area contributed by atoms with Gasteiger partial charge in [-0.3, -0.25) is 4.79 Å². The second kappa shape index (κ2) is 11.6. The Hall–Kier alpha value is -3.08. The number of ether oxygens (including phenoxy) is 2. The molecule has 1 aliphatic carbocycles. The van der Waals surface area contributed by atoms with Crippen molar-refractivity contribution in [2.24, 2.45) is 5.92 Å². The number of anilines is 1. The van der Waals surface area contributed by atoms with Crippen molar-refractivity contribution in [1.29, 1.82) is 0 Å². The average molecular weight is 499 g/mol. The fraction of sp³-hybridized carbons (Fsp3) is 0.440. The van der Waals surface area contributed by atoms with E-state index in [2.05, 4.69) is 26.3 Å². The number of aliphatic carboxylic acids is 1. The number of hydrogen-bond acceptors (Lipinski definition) is 9. The molecule has 3 N–H and O–H groups in total. The lowest BCUT2D eigenvalue weighted by Gasteiger charge is -2.32. The third-order valence-electron chi connectivity index (χ3n) is 6.10. The minimum atomic E-state index is -1.05. The number of aromatic nitrogens is 3. The van der Waals surface area contributed by atoms with E-state index in [9.17, 15) is 15.0 Å². The molecule has 0 atom stereocenters. The van der Waals surface area contributed by atoms with Crippen LogP contribution < -0.4 is 10.1 Å². The van der Waals surface area contributed by atoms with Crippen LogP contribution in [0.1, 0.15) is 42.7 Å². The van der Waals surface area contributed by atoms with Gasteiger partial charge in [0.05, 0.1) is 17.4 Å². The van der Waals surface area contributed by atoms with Gasteiger partial charge in [-0.15, -0.1) is 11.3 Å². The van der Waals surface area contributed by atoms with Crippen LogP contribution in [0.5, 0.6) is 5.88 Å². The van der Waals surface area contributed by atoms with Gasteiger partial charge in [0.25, 0.3) is 0 Å². The topological polar surface area (TPSA) is 127 Å². The first-order valence-corrected chi connectivity index (χ1v) is 12.5. The number of nitrogens with zero attached hydrogens (tertiary/aromatic N) is 3. The van der Waals surface area contributed by atoms with Gasteiger partial charge in [-0.2, -0.15) is 4.98 Å². The molecule has 9 nitrogen and oxygen atoms in total. The molecule has 1 saturated carbocycles. The van der Waals surface area contributed by atoms with E-state index in [0.717, 1.165) is 22.4 Å². The van der Waals surface area contributed by atoms with E-state index >= 15 is 0 Å². The molecule has 0 spiro atoms. The number of carbonyl (C=O) groups is 1. The molecule has 1 fully saturated rings. The van der Waals surface area contributed by atoms with E-state index in [1.165, 1.54) is 11.3 Å². The Labute approximate surface area is 208 Å². The van der Waals surface area contributed by atoms with E-state index in [0.29, 0.717) is 62.3 Å². The lowest BCUT2D eigenvalue weighted by molar-refractivity contribution is -0.145. The van der Waals surface area contributed by atoms with Crippen molar-refractivity contribution < 1.29 is 24.5 Å². The maximum Gasteiger partial charge on any atom is 0.306 e. The first-order valence-electron chi connectivity index (χ1n) is 11.7. The zero-order chi connectivity index (χ0) is 24.7. The van der Waals surface area contributed by atoms with Crippen LogP contribution in [0.2, 0.25) is 0 Å². The zero-order valence-corrected chi connectivity index (χ0v) is 20.5. The molecule has 0 bridgehead atoms. The Kier molecular flexibility index (Phi) is 8.27. The number of rotatable bonds is 11. The summed E-state index contributed by atoms with van der Waals surface area (Å²) in [5.41, 5.74) is 1.00. The first kappa shape index (κ1) is 25.0. The summed E-state index contributed by atoms with van der Waals surface area (Å²) in [5, 5.41) is 24.2. The quantitative estimate of drug-likeness (QED) is 0.335. The van der Waals surface area contributed by atoms with Gasteiger partial charge in [0.2, 0.25) is 11.8 Å². The number of carboxylic acids is 1. The number of thiazole rings is 1. The Balaban J connectivity index is 1.37. The molecule has 0 saturated heterocycles. The van der Waals surface area contributed by atoms with Gasteiger partial charge in [-0.25, -0.2) is 9.97 Å². The summed E-state index contributed by atoms with van der Waals surface area (Å²) in [5.74, 6) is -0.173. The Bertz CT molecular complexity index is 1130. The summed E-state index contributed by atoms with van der Waals surface area (Å²) in [7, 11) is 1.66. The largest absolute Gasteiger partial charge is 0.481 e. The van der Waals surface area contributed by atoms with Crippen LogP contribution >= 0.6 is 11.3 Å². The first-order chi connectivity index (χ1) is 17.0. The molecule has 0 amide bonds. The fourth-order valence-electron chi connectivity index (χ4n) is 4.08. The Morgan fingerprint density at radius 1 is 1.23 bits per heavy atom. The molecule has 0 radical (unpaired) electrons. The summed E-state index contributed by atoms with van der Waals surface area (Å²) in [6.07, 6.45) is 5.97. The van der Waals surface area contributed by atoms with Crippen LogP contribution in [0.4, 0.5) is 5.95 Å². The van der Waals surface area contributed by atoms with Gasteiger partial charge in [-0.1, -0.05) is 18.2 Å². The zero-order valence-electron chi connectivity index (χ0n) is 19.6. The van der Waals surface area contributed by atoms with Crippen molar-refractivity contribution in [2.75, 3.05) is 25.6 Å². The molecule has 4 rings (SSSR count). The molecule has 2 aromatic heterocycles. The lowest BCUT2D eigenvalue weighted by Crippen LogP contribution is -2.33. The molecule has 0 unspecified atom stereocenters. The van der Waals surface area contributed by atoms with Gasteiger partial charge >= 0.3 is 5.97 Å². The number of hydrogen-bond donors (Lipinski definition) is 3. The SMILES string of the molecule is COCCCOc1ccnc(NCc2cccc(-c3cnc(C4(O)CCC(C(=O)O)CC4)s3)c2)n1. The maximum absolute atomic E-state index is 11.2. The summed E-state index contributed by atoms with van der Waals surface area (Å²) >= 11 is 1.46. The van der Waals surface area contributed by atoms with Crippen molar-refractivity contribution >= 4 is 23.3 Å². The monoisotopic (exact) mass is 498 g/mol. The van der Waals surface area contributed by atoms with Gasteiger partial charge in [0.1, 0.15) is 10.6 Å². The fourth-order valence-corrected chi connectivity index (χ4v) is 5.14. The number of benzene rings is 1. The van der Waals surface area contributed by atoms with E-state index in [1.54, 1.807) is 25.6 Å². The van der Waals surface area contributed by atoms with Gasteiger partial charge < -0.3 is 25.0 Å². The Morgan fingerprint density at radius 2 is 2.06 bits per heavy atom. The summed E-state index contributed by atoms with van der Waals surface area (Å²) in [6, 6.07) is 9.80. The molecule has 0 aliphatic heterocycles. The van der Waals surface area contributed by atoms with Crippen LogP contribution in [0.15, 0.2) is 42.7 Å². The second-order valence-electron chi connectivity index (χ2n) is 8.64. The van der Waals surface area contributed by atoms with Gasteiger partial charge in [0, 0.05) is 45.1 Å². The summed E-state index contributed by atoms with van der Waals surface area (Å²) in [4.78, 5) is 25.3. The second-order valence-corrected chi connectivity index (χ2v) is 9.67. The van der Waals surface area contributed by atoms with Crippen LogP contribution in [0, 0.1) is 5.92 Å². The number of nitrogens with one attached hydrogen (secondary N) is 1. The predicted molar refractivity (Wildman–Crippen MR) is 132 cm³/mol. The smallest absolute Gasteiger partial charge is 0.306 e. The molecule has 35 heavy (non-hydrogen) atoms. The third-order valence-corrected chi connectivity index (χ3v) is 7.34. The summed E-state index contributed by atoms with van der Waals surface area (Å²) in [6.45, 7) is 1.70. The minimum Gasteiger partial charge on any atom is -0.481 e. The summed E-state index contributed by atoms with van der Waals surface area (Å²) < 4.78 is 10.7. The highest BCUT2D eigenvalue weighted by Crippen LogP contribution is 2.42. The highest BCUT2D eigenvalue weighted by atomic mass is 32.1. The molecular formula is C25H30N4O5S. The van der Waals surface area contributed by atoms with Crippen LogP contribution in [-0.4, -0.2) is 51.5 Å². The molecule has 3 aromatic rings. The predicted octanol–water partition coefficient (Wildman–Crippen LogP) is 4.09. The molecule has 10 heteroatoms. The van der Waals surface area contributed by atoms with Crippen molar-refractivity contribution in [3.63, 3.8) is 0 Å². The molecule has 1 aliphatic rings. The van der Waals surface area contributed by atoms with Crippen LogP contribution in [-0.2, 0) is 21.7 Å². The van der Waals surface area contributed by atoms with E-state index in [1.807, 2.05) is 18.2 Å². The maximum atomic E-state index is 11.2. The van der Waals surface area contributed by atoms with Gasteiger partial charge in [0.15, 0.2) is 0 Å². The van der Waals surface area contributed by atoms with E-state index < -0.39 is 11.6 Å². The van der Waals surface area contributed by atoms with Crippen LogP contribution in [0.3, 0.4) is 0 Å². The standard InChI is InChI=1S/C25H30N4O5S/c1-33-12-3-13-34-21-8-11-26-24(29-21)28-15-17-4-2-5-19(14-17)20-16-27-23(35-20)25(32)9-6-18(7-10-25)22(30)31/h2,4-5,8,11,14,16,18,32H,3,6-7,9-10,12-13,15H2,1H3,(H,30,31)(H,26,28,29). The molecule has 2 heterocycles. The highest BCUT2D eigenvalue weighted by Gasteiger charge is 2.39. The van der Waals surface area contributed by atoms with E-state index in [-0.39, 0.29) is 5.92 Å². The van der Waals surface area contributed by atoms with Crippen molar-refractivity contribution in [3.8, 4) is 16.3 Å². The molecule has 186 valence electrons. The molecular weight excluding hydrogens is 468 g/mol. The number of aliphatic hydroxyl groups is 1. The minimum absolute atomic E-state index is 0.384. The van der Waals surface area contributed by atoms with Gasteiger partial charge in [-0.05, 0) is 42.9 Å². The number of methoxy groups -OCH3 is 1. The lowest BCUT2D eigenvalue weighted by atomic mass is 9.79. The number of carboxylic acid groups (broad SMARTS) is 1. The van der Waals surface area contributed by atoms with E-state index in [4.69, 9.17) is 9.47 Å². The third kappa shape index (κ3) is 6.53. The van der Waals surface area contributed by atoms with Crippen molar-refractivity contribution in [1.82, 2.24) is 15.0 Å². The Morgan fingerprint density at radius 3 is 2.83 bits per heavy atom. The molecule has 1 aromatic carbocycles. The average Bonchev–Trinajstić information content (AvgIpc) is 3.38.